The molecule has 2 rings (SSSR count). The fourth-order valence-electron chi connectivity index (χ4n) is 2.23. The zero-order chi connectivity index (χ0) is 12.1. The lowest BCUT2D eigenvalue weighted by Gasteiger charge is -2.16. The molecule has 0 spiro atoms. The number of nitrogens with one attached hydrogen (secondary N) is 1. The first-order chi connectivity index (χ1) is 8.33. The van der Waals surface area contributed by atoms with E-state index in [1.165, 1.54) is 29.2 Å². The van der Waals surface area contributed by atoms with Crippen molar-refractivity contribution in [2.45, 2.75) is 32.7 Å². The zero-order valence-corrected chi connectivity index (χ0v) is 10.7. The summed E-state index contributed by atoms with van der Waals surface area (Å²) in [5, 5.41) is 6.29. The zero-order valence-electron chi connectivity index (χ0n) is 10.7. The summed E-state index contributed by atoms with van der Waals surface area (Å²) in [4.78, 5) is 0. The average Bonchev–Trinajstić information content (AvgIpc) is 2.38. The predicted octanol–water partition coefficient (Wildman–Crippen LogP) is 4.29. The number of unbranched alkanes of at least 4 members (excludes halogenated alkanes) is 1. The van der Waals surface area contributed by atoms with E-state index in [0.29, 0.717) is 6.04 Å². The van der Waals surface area contributed by atoms with E-state index >= 15 is 0 Å². The van der Waals surface area contributed by atoms with Crippen molar-refractivity contribution in [3.05, 3.63) is 48.0 Å². The molecule has 0 aliphatic heterocycles. The van der Waals surface area contributed by atoms with Gasteiger partial charge in [-0.15, -0.1) is 0 Å². The van der Waals surface area contributed by atoms with Gasteiger partial charge in [-0.1, -0.05) is 55.8 Å². The Morgan fingerprint density at radius 3 is 2.65 bits per heavy atom. The summed E-state index contributed by atoms with van der Waals surface area (Å²) in [5.41, 5.74) is 1.40. The molecule has 1 N–H and O–H groups in total. The van der Waals surface area contributed by atoms with E-state index in [2.05, 4.69) is 61.6 Å². The monoisotopic (exact) mass is 227 g/mol. The van der Waals surface area contributed by atoms with E-state index in [4.69, 9.17) is 0 Å². The smallest absolute Gasteiger partial charge is 0.0297 e. The highest BCUT2D eigenvalue weighted by Crippen LogP contribution is 2.23. The van der Waals surface area contributed by atoms with Gasteiger partial charge < -0.3 is 5.32 Å². The fraction of sp³-hybridized carbons (Fsp3) is 0.375. The Bertz CT molecular complexity index is 470. The quantitative estimate of drug-likeness (QED) is 0.751. The Labute approximate surface area is 104 Å². The molecular weight excluding hydrogens is 206 g/mol. The second kappa shape index (κ2) is 5.83. The minimum atomic E-state index is 0.424. The Balaban J connectivity index is 2.22. The van der Waals surface area contributed by atoms with Crippen LogP contribution in [0.15, 0.2) is 42.5 Å². The number of hydrogen-bond donors (Lipinski definition) is 1. The van der Waals surface area contributed by atoms with Gasteiger partial charge >= 0.3 is 0 Å². The van der Waals surface area contributed by atoms with Gasteiger partial charge in [0.2, 0.25) is 0 Å². The van der Waals surface area contributed by atoms with Gasteiger partial charge in [0.05, 0.1) is 0 Å². The molecule has 1 nitrogen and oxygen atoms in total. The van der Waals surface area contributed by atoms with Crippen molar-refractivity contribution in [1.29, 1.82) is 0 Å². The van der Waals surface area contributed by atoms with Crippen LogP contribution in [0.3, 0.4) is 0 Å². The van der Waals surface area contributed by atoms with Crippen LogP contribution < -0.4 is 5.32 Å². The maximum atomic E-state index is 3.59. The molecule has 0 amide bonds. The summed E-state index contributed by atoms with van der Waals surface area (Å²) >= 11 is 0. The van der Waals surface area contributed by atoms with Gasteiger partial charge in [0.25, 0.3) is 0 Å². The van der Waals surface area contributed by atoms with E-state index in [-0.39, 0.29) is 0 Å². The van der Waals surface area contributed by atoms with Gasteiger partial charge in [0, 0.05) is 6.04 Å². The fourth-order valence-corrected chi connectivity index (χ4v) is 2.23. The van der Waals surface area contributed by atoms with Crippen molar-refractivity contribution in [3.8, 4) is 0 Å². The number of hydrogen-bond acceptors (Lipinski definition) is 1. The SMILES string of the molecule is CCCCNC(C)c1cccc2ccccc12. The Morgan fingerprint density at radius 2 is 1.82 bits per heavy atom. The maximum absolute atomic E-state index is 3.59. The molecule has 0 fully saturated rings. The van der Waals surface area contributed by atoms with Crippen LogP contribution in [-0.4, -0.2) is 6.54 Å². The lowest BCUT2D eigenvalue weighted by atomic mass is 10.00. The largest absolute Gasteiger partial charge is 0.310 e. The van der Waals surface area contributed by atoms with Gasteiger partial charge in [0.15, 0.2) is 0 Å². The van der Waals surface area contributed by atoms with Gasteiger partial charge in [-0.3, -0.25) is 0 Å². The van der Waals surface area contributed by atoms with Gasteiger partial charge in [0.1, 0.15) is 0 Å². The molecule has 1 unspecified atom stereocenters. The van der Waals surface area contributed by atoms with Crippen LogP contribution in [0, 0.1) is 0 Å². The molecule has 0 aliphatic rings. The van der Waals surface area contributed by atoms with E-state index in [0.717, 1.165) is 6.54 Å². The maximum Gasteiger partial charge on any atom is 0.0297 e. The highest BCUT2D eigenvalue weighted by molar-refractivity contribution is 5.86. The van der Waals surface area contributed by atoms with Gasteiger partial charge in [-0.05, 0) is 36.2 Å². The molecule has 0 aliphatic carbocycles. The van der Waals surface area contributed by atoms with E-state index < -0.39 is 0 Å². The summed E-state index contributed by atoms with van der Waals surface area (Å²) < 4.78 is 0. The molecule has 0 saturated carbocycles. The lowest BCUT2D eigenvalue weighted by molar-refractivity contribution is 0.557. The van der Waals surface area contributed by atoms with E-state index in [9.17, 15) is 0 Å². The summed E-state index contributed by atoms with van der Waals surface area (Å²) in [5.74, 6) is 0. The molecule has 0 saturated heterocycles. The third-order valence-electron chi connectivity index (χ3n) is 3.27. The van der Waals surface area contributed by atoms with Crippen LogP contribution in [0.4, 0.5) is 0 Å². The van der Waals surface area contributed by atoms with Gasteiger partial charge in [-0.2, -0.15) is 0 Å². The second-order valence-electron chi connectivity index (χ2n) is 4.60. The summed E-state index contributed by atoms with van der Waals surface area (Å²) in [6.07, 6.45) is 2.49. The third kappa shape index (κ3) is 2.86. The molecule has 1 atom stereocenters. The minimum Gasteiger partial charge on any atom is -0.310 e. The molecule has 90 valence electrons. The van der Waals surface area contributed by atoms with Crippen molar-refractivity contribution in [3.63, 3.8) is 0 Å². The first-order valence-corrected chi connectivity index (χ1v) is 6.54. The van der Waals surface area contributed by atoms with Gasteiger partial charge in [-0.25, -0.2) is 0 Å². The molecule has 0 radical (unpaired) electrons. The Kier molecular flexibility index (Phi) is 4.16. The Hall–Kier alpha value is -1.34. The van der Waals surface area contributed by atoms with Crippen molar-refractivity contribution in [1.82, 2.24) is 5.32 Å². The number of fused-ring (bicyclic) bond motifs is 1. The number of rotatable bonds is 5. The van der Waals surface area contributed by atoms with Crippen LogP contribution in [0.25, 0.3) is 10.8 Å². The molecular formula is C16H21N. The highest BCUT2D eigenvalue weighted by Gasteiger charge is 2.07. The van der Waals surface area contributed by atoms with Crippen molar-refractivity contribution >= 4 is 10.8 Å². The van der Waals surface area contributed by atoms with Crippen LogP contribution in [0.2, 0.25) is 0 Å². The first kappa shape index (κ1) is 12.1. The minimum absolute atomic E-state index is 0.424. The highest BCUT2D eigenvalue weighted by atomic mass is 14.9. The normalized spacial score (nSPS) is 12.8. The molecule has 2 aromatic rings. The first-order valence-electron chi connectivity index (χ1n) is 6.54. The molecule has 1 heteroatoms. The second-order valence-corrected chi connectivity index (χ2v) is 4.60. The molecule has 0 heterocycles. The summed E-state index contributed by atoms with van der Waals surface area (Å²) in [7, 11) is 0. The molecule has 17 heavy (non-hydrogen) atoms. The van der Waals surface area contributed by atoms with Crippen molar-refractivity contribution < 1.29 is 0 Å². The van der Waals surface area contributed by atoms with Crippen LogP contribution >= 0.6 is 0 Å². The molecule has 0 bridgehead atoms. The van der Waals surface area contributed by atoms with Crippen LogP contribution in [0.1, 0.15) is 38.3 Å². The standard InChI is InChI=1S/C16H21N/c1-3-4-12-17-13(2)15-11-7-9-14-8-5-6-10-16(14)15/h5-11,13,17H,3-4,12H2,1-2H3. The molecule has 0 aromatic heterocycles. The Morgan fingerprint density at radius 1 is 1.06 bits per heavy atom. The lowest BCUT2D eigenvalue weighted by Crippen LogP contribution is -2.19. The third-order valence-corrected chi connectivity index (χ3v) is 3.27. The van der Waals surface area contributed by atoms with Crippen LogP contribution in [0.5, 0.6) is 0 Å². The molecule has 2 aromatic carbocycles. The number of benzene rings is 2. The van der Waals surface area contributed by atoms with E-state index in [1.54, 1.807) is 0 Å². The van der Waals surface area contributed by atoms with Crippen molar-refractivity contribution in [2.24, 2.45) is 0 Å². The summed E-state index contributed by atoms with van der Waals surface area (Å²) in [6, 6.07) is 15.6. The van der Waals surface area contributed by atoms with Crippen LogP contribution in [-0.2, 0) is 0 Å². The van der Waals surface area contributed by atoms with E-state index in [1.807, 2.05) is 0 Å². The summed E-state index contributed by atoms with van der Waals surface area (Å²) in [6.45, 7) is 5.57. The topological polar surface area (TPSA) is 12.0 Å². The van der Waals surface area contributed by atoms with Crippen molar-refractivity contribution in [2.75, 3.05) is 6.54 Å². The predicted molar refractivity (Wildman–Crippen MR) is 75.3 cm³/mol. The average molecular weight is 227 g/mol.